The predicted octanol–water partition coefficient (Wildman–Crippen LogP) is 3.98. The van der Waals surface area contributed by atoms with Gasteiger partial charge in [-0.25, -0.2) is 0 Å². The Hall–Kier alpha value is -3.27. The first-order valence-electron chi connectivity index (χ1n) is 8.59. The number of fused-ring (bicyclic) bond motifs is 1. The lowest BCUT2D eigenvalue weighted by molar-refractivity contribution is 0.0947. The quantitative estimate of drug-likeness (QED) is 0.761. The Bertz CT molecular complexity index is 854. The molecule has 4 nitrogen and oxygen atoms in total. The number of carbonyl (C=O) groups is 1. The van der Waals surface area contributed by atoms with Gasteiger partial charge in [-0.2, -0.15) is 0 Å². The van der Waals surface area contributed by atoms with E-state index >= 15 is 0 Å². The largest absolute Gasteiger partial charge is 0.454 e. The molecule has 3 aromatic rings. The Labute approximate surface area is 152 Å². The van der Waals surface area contributed by atoms with Gasteiger partial charge in [0.25, 0.3) is 5.91 Å². The van der Waals surface area contributed by atoms with Crippen molar-refractivity contribution in [1.29, 1.82) is 0 Å². The first-order valence-corrected chi connectivity index (χ1v) is 8.59. The highest BCUT2D eigenvalue weighted by molar-refractivity contribution is 5.98. The molecule has 0 bridgehead atoms. The smallest absolute Gasteiger partial charge is 0.255 e. The molecule has 0 fully saturated rings. The van der Waals surface area contributed by atoms with Gasteiger partial charge >= 0.3 is 0 Å². The molecule has 130 valence electrons. The minimum Gasteiger partial charge on any atom is -0.454 e. The number of nitrogens with one attached hydrogen (secondary N) is 1. The zero-order valence-corrected chi connectivity index (χ0v) is 14.2. The molecule has 0 atom stereocenters. The summed E-state index contributed by atoms with van der Waals surface area (Å²) in [5.74, 6) is 1.04. The highest BCUT2D eigenvalue weighted by Crippen LogP contribution is 2.35. The minimum absolute atomic E-state index is 0.0790. The second-order valence-electron chi connectivity index (χ2n) is 6.12. The molecular weight excluding hydrogens is 326 g/mol. The van der Waals surface area contributed by atoms with Gasteiger partial charge < -0.3 is 14.8 Å². The third-order valence-electron chi connectivity index (χ3n) is 4.51. The fourth-order valence-corrected chi connectivity index (χ4v) is 3.20. The van der Waals surface area contributed by atoms with Crippen LogP contribution in [0.1, 0.15) is 27.4 Å². The van der Waals surface area contributed by atoms with E-state index in [-0.39, 0.29) is 18.6 Å². The summed E-state index contributed by atoms with van der Waals surface area (Å²) >= 11 is 0. The fourth-order valence-electron chi connectivity index (χ4n) is 3.20. The molecule has 0 radical (unpaired) electrons. The Balaban J connectivity index is 1.56. The third kappa shape index (κ3) is 3.26. The number of hydrogen-bond donors (Lipinski definition) is 1. The Morgan fingerprint density at radius 3 is 2.15 bits per heavy atom. The van der Waals surface area contributed by atoms with E-state index in [1.54, 1.807) is 18.2 Å². The summed E-state index contributed by atoms with van der Waals surface area (Å²) < 4.78 is 10.8. The van der Waals surface area contributed by atoms with E-state index in [9.17, 15) is 4.79 Å². The number of hydrogen-bond acceptors (Lipinski definition) is 3. The van der Waals surface area contributed by atoms with Crippen LogP contribution >= 0.6 is 0 Å². The number of para-hydroxylation sites is 1. The van der Waals surface area contributed by atoms with Crippen molar-refractivity contribution in [2.75, 3.05) is 13.3 Å². The molecule has 1 aliphatic rings. The van der Waals surface area contributed by atoms with Gasteiger partial charge in [-0.15, -0.1) is 0 Å². The summed E-state index contributed by atoms with van der Waals surface area (Å²) in [6.07, 6.45) is 0. The third-order valence-corrected chi connectivity index (χ3v) is 4.51. The van der Waals surface area contributed by atoms with Gasteiger partial charge in [0.2, 0.25) is 6.79 Å². The van der Waals surface area contributed by atoms with Gasteiger partial charge in [0.05, 0.1) is 5.56 Å². The van der Waals surface area contributed by atoms with Crippen LogP contribution in [0, 0.1) is 0 Å². The molecule has 0 spiro atoms. The van der Waals surface area contributed by atoms with Crippen LogP contribution in [0.25, 0.3) is 0 Å². The Morgan fingerprint density at radius 1 is 0.846 bits per heavy atom. The van der Waals surface area contributed by atoms with Crippen LogP contribution in [-0.4, -0.2) is 19.2 Å². The number of ether oxygens (including phenoxy) is 2. The van der Waals surface area contributed by atoms with Crippen molar-refractivity contribution >= 4 is 5.91 Å². The number of carbonyl (C=O) groups excluding carboxylic acids is 1. The molecule has 4 rings (SSSR count). The van der Waals surface area contributed by atoms with Crippen molar-refractivity contribution < 1.29 is 14.3 Å². The summed E-state index contributed by atoms with van der Waals surface area (Å²) in [5, 5.41) is 3.05. The molecular formula is C22H19NO3. The molecule has 1 aliphatic heterocycles. The van der Waals surface area contributed by atoms with E-state index < -0.39 is 0 Å². The van der Waals surface area contributed by atoms with E-state index in [2.05, 4.69) is 29.6 Å². The predicted molar refractivity (Wildman–Crippen MR) is 99.6 cm³/mol. The van der Waals surface area contributed by atoms with Crippen LogP contribution in [0.4, 0.5) is 0 Å². The van der Waals surface area contributed by atoms with Crippen molar-refractivity contribution in [3.63, 3.8) is 0 Å². The highest BCUT2D eigenvalue weighted by Gasteiger charge is 2.23. The lowest BCUT2D eigenvalue weighted by Crippen LogP contribution is -2.29. The van der Waals surface area contributed by atoms with Gasteiger partial charge in [0.15, 0.2) is 11.5 Å². The molecule has 0 aliphatic carbocycles. The molecule has 1 heterocycles. The molecule has 0 unspecified atom stereocenters. The van der Waals surface area contributed by atoms with Gasteiger partial charge in [0, 0.05) is 12.5 Å². The van der Waals surface area contributed by atoms with Crippen molar-refractivity contribution in [3.05, 3.63) is 95.6 Å². The van der Waals surface area contributed by atoms with Gasteiger partial charge in [0.1, 0.15) is 0 Å². The highest BCUT2D eigenvalue weighted by atomic mass is 16.7. The van der Waals surface area contributed by atoms with Crippen LogP contribution in [-0.2, 0) is 0 Å². The number of benzene rings is 3. The zero-order chi connectivity index (χ0) is 17.8. The summed E-state index contributed by atoms with van der Waals surface area (Å²) in [4.78, 5) is 12.7. The van der Waals surface area contributed by atoms with Gasteiger partial charge in [-0.1, -0.05) is 66.7 Å². The van der Waals surface area contributed by atoms with Gasteiger partial charge in [-0.05, 0) is 23.3 Å². The monoisotopic (exact) mass is 345 g/mol. The summed E-state index contributed by atoms with van der Waals surface area (Å²) in [6.45, 7) is 0.646. The van der Waals surface area contributed by atoms with E-state index in [1.807, 2.05) is 36.4 Å². The molecule has 3 aromatic carbocycles. The molecule has 0 saturated heterocycles. The molecule has 1 amide bonds. The molecule has 1 N–H and O–H groups in total. The lowest BCUT2D eigenvalue weighted by Gasteiger charge is -2.19. The van der Waals surface area contributed by atoms with Crippen LogP contribution < -0.4 is 14.8 Å². The maximum Gasteiger partial charge on any atom is 0.255 e. The second-order valence-corrected chi connectivity index (χ2v) is 6.12. The molecule has 0 aromatic heterocycles. The average Bonchev–Trinajstić information content (AvgIpc) is 3.18. The topological polar surface area (TPSA) is 47.6 Å². The van der Waals surface area contributed by atoms with E-state index in [0.717, 1.165) is 11.1 Å². The Kier molecular flexibility index (Phi) is 4.56. The number of amides is 1. The van der Waals surface area contributed by atoms with Crippen LogP contribution in [0.2, 0.25) is 0 Å². The van der Waals surface area contributed by atoms with Crippen molar-refractivity contribution in [3.8, 4) is 11.5 Å². The lowest BCUT2D eigenvalue weighted by atomic mass is 9.91. The van der Waals surface area contributed by atoms with Gasteiger partial charge in [-0.3, -0.25) is 4.79 Å². The van der Waals surface area contributed by atoms with Crippen LogP contribution in [0.15, 0.2) is 78.9 Å². The first kappa shape index (κ1) is 16.2. The Morgan fingerprint density at radius 2 is 1.50 bits per heavy atom. The maximum absolute atomic E-state index is 12.7. The summed E-state index contributed by atoms with van der Waals surface area (Å²) in [6, 6.07) is 25.7. The zero-order valence-electron chi connectivity index (χ0n) is 14.2. The van der Waals surface area contributed by atoms with Crippen LogP contribution in [0.5, 0.6) is 11.5 Å². The standard InChI is InChI=1S/C22H19NO3/c24-22(18-12-7-13-20-21(18)26-15-25-20)23-14-19(16-8-3-1-4-9-16)17-10-5-2-6-11-17/h1-13,19H,14-15H2,(H,23,24). The van der Waals surface area contributed by atoms with Crippen molar-refractivity contribution in [2.24, 2.45) is 0 Å². The normalized spacial score (nSPS) is 12.2. The van der Waals surface area contributed by atoms with E-state index in [4.69, 9.17) is 9.47 Å². The summed E-state index contributed by atoms with van der Waals surface area (Å²) in [5.41, 5.74) is 2.83. The van der Waals surface area contributed by atoms with Crippen LogP contribution in [0.3, 0.4) is 0 Å². The van der Waals surface area contributed by atoms with Crippen molar-refractivity contribution in [1.82, 2.24) is 5.32 Å². The fraction of sp³-hybridized carbons (Fsp3) is 0.136. The second kappa shape index (κ2) is 7.31. The SMILES string of the molecule is O=C(NCC(c1ccccc1)c1ccccc1)c1cccc2c1OCO2. The first-order chi connectivity index (χ1) is 12.8. The van der Waals surface area contributed by atoms with E-state index in [1.165, 1.54) is 0 Å². The summed E-state index contributed by atoms with van der Waals surface area (Å²) in [7, 11) is 0. The average molecular weight is 345 g/mol. The minimum atomic E-state index is -0.163. The number of rotatable bonds is 5. The maximum atomic E-state index is 12.7. The van der Waals surface area contributed by atoms with Crippen molar-refractivity contribution in [2.45, 2.75) is 5.92 Å². The van der Waals surface area contributed by atoms with E-state index in [0.29, 0.717) is 23.6 Å². The molecule has 26 heavy (non-hydrogen) atoms. The molecule has 0 saturated carbocycles. The molecule has 4 heteroatoms.